The fourth-order valence-corrected chi connectivity index (χ4v) is 1.78. The number of anilines is 2. The zero-order chi connectivity index (χ0) is 21.4. The third-order valence-corrected chi connectivity index (χ3v) is 3.08. The van der Waals surface area contributed by atoms with Gasteiger partial charge in [-0.3, -0.25) is 0 Å². The summed E-state index contributed by atoms with van der Waals surface area (Å²) in [5.74, 6) is -2.21. The molecule has 0 saturated carbocycles. The number of aryl methyl sites for hydroxylation is 2. The van der Waals surface area contributed by atoms with Gasteiger partial charge < -0.3 is 21.3 Å². The van der Waals surface area contributed by atoms with Gasteiger partial charge in [0.15, 0.2) is 34.4 Å². The molecule has 0 atom stereocenters. The molecule has 0 radical (unpaired) electrons. The molecule has 0 saturated heterocycles. The first-order valence-corrected chi connectivity index (χ1v) is 7.65. The highest BCUT2D eigenvalue weighted by molar-refractivity contribution is 5.92. The molecule has 5 N–H and O–H groups in total. The zero-order valence-corrected chi connectivity index (χ0v) is 15.2. The average Bonchev–Trinajstić information content (AvgIpc) is 2.65. The number of carboxylic acid groups (broad SMARTS) is 1. The van der Waals surface area contributed by atoms with Crippen molar-refractivity contribution in [2.24, 2.45) is 0 Å². The van der Waals surface area contributed by atoms with E-state index in [9.17, 15) is 9.59 Å². The van der Waals surface area contributed by atoms with E-state index in [1.807, 2.05) is 6.07 Å². The Morgan fingerprint density at radius 3 is 1.79 bits per heavy atom. The van der Waals surface area contributed by atoms with Crippen LogP contribution in [-0.2, 0) is 4.74 Å². The number of ether oxygens (including phenoxy) is 1. The van der Waals surface area contributed by atoms with Crippen molar-refractivity contribution in [1.29, 1.82) is 10.5 Å². The highest BCUT2D eigenvalue weighted by Gasteiger charge is 2.16. The Morgan fingerprint density at radius 2 is 1.39 bits per heavy atom. The van der Waals surface area contributed by atoms with E-state index < -0.39 is 11.9 Å². The summed E-state index contributed by atoms with van der Waals surface area (Å²) in [5, 5.41) is 25.8. The smallest absolute Gasteiger partial charge is 0.360 e. The van der Waals surface area contributed by atoms with Crippen molar-refractivity contribution in [3.8, 4) is 12.1 Å². The molecule has 0 aromatic carbocycles. The highest BCUT2D eigenvalue weighted by atomic mass is 16.5. The van der Waals surface area contributed by atoms with Crippen LogP contribution in [0, 0.1) is 36.5 Å². The van der Waals surface area contributed by atoms with Crippen LogP contribution in [0.25, 0.3) is 0 Å². The molecular weight excluding hydrogens is 368 g/mol. The number of nitrogens with zero attached hydrogens (tertiary/aromatic N) is 6. The first-order chi connectivity index (χ1) is 13.2. The Labute approximate surface area is 159 Å². The minimum atomic E-state index is -1.25. The third kappa shape index (κ3) is 5.09. The van der Waals surface area contributed by atoms with Crippen LogP contribution in [0.15, 0.2) is 0 Å². The zero-order valence-electron chi connectivity index (χ0n) is 15.2. The summed E-state index contributed by atoms with van der Waals surface area (Å²) >= 11 is 0. The summed E-state index contributed by atoms with van der Waals surface area (Å²) in [6.07, 6.45) is 0. The van der Waals surface area contributed by atoms with Gasteiger partial charge in [-0.05, 0) is 20.8 Å². The number of carbonyl (C=O) groups is 2. The third-order valence-electron chi connectivity index (χ3n) is 3.08. The second kappa shape index (κ2) is 9.40. The largest absolute Gasteiger partial charge is 0.476 e. The molecule has 0 aliphatic heterocycles. The normalized spacial score (nSPS) is 9.32. The van der Waals surface area contributed by atoms with Crippen LogP contribution in [0.2, 0.25) is 0 Å². The Morgan fingerprint density at radius 1 is 0.964 bits per heavy atom. The Hall–Kier alpha value is -4.32. The van der Waals surface area contributed by atoms with Crippen molar-refractivity contribution in [3.63, 3.8) is 0 Å². The molecule has 144 valence electrons. The number of hydrogen-bond donors (Lipinski definition) is 3. The van der Waals surface area contributed by atoms with Gasteiger partial charge in [0.2, 0.25) is 0 Å². The molecule has 2 aromatic rings. The number of nitrogens with two attached hydrogens (primary N) is 2. The first kappa shape index (κ1) is 21.7. The van der Waals surface area contributed by atoms with Crippen LogP contribution in [-0.4, -0.2) is 43.6 Å². The maximum absolute atomic E-state index is 11.3. The molecule has 0 bridgehead atoms. The standard InChI is InChI=1S/C9H10N4O2.C7H6N4O2/c1-3-15-9(14)7-8(11)13-6(4-10)5(2)12-7;1-3-4(2-8)11-6(9)5(10-3)7(12)13/h3H2,1-2H3,(H2,11,13);1H3,(H2,9,11)(H,12,13). The number of carbonyl (C=O) groups excluding carboxylic acids is 1. The second-order valence-corrected chi connectivity index (χ2v) is 5.03. The summed E-state index contributed by atoms with van der Waals surface area (Å²) < 4.78 is 4.73. The van der Waals surface area contributed by atoms with E-state index in [1.165, 1.54) is 6.92 Å². The molecule has 0 unspecified atom stereocenters. The van der Waals surface area contributed by atoms with Gasteiger partial charge in [0.25, 0.3) is 0 Å². The summed E-state index contributed by atoms with van der Waals surface area (Å²) in [6.45, 7) is 4.99. The summed E-state index contributed by atoms with van der Waals surface area (Å²) in [6, 6.07) is 3.58. The van der Waals surface area contributed by atoms with Gasteiger partial charge in [-0.2, -0.15) is 10.5 Å². The molecule has 0 spiro atoms. The number of nitrogen functional groups attached to an aromatic ring is 2. The van der Waals surface area contributed by atoms with Crippen molar-refractivity contribution in [3.05, 3.63) is 34.2 Å². The molecule has 0 aliphatic rings. The van der Waals surface area contributed by atoms with Crippen LogP contribution >= 0.6 is 0 Å². The molecule has 12 heteroatoms. The lowest BCUT2D eigenvalue weighted by atomic mass is 10.3. The van der Waals surface area contributed by atoms with Crippen molar-refractivity contribution in [2.45, 2.75) is 20.8 Å². The molecule has 0 fully saturated rings. The van der Waals surface area contributed by atoms with Gasteiger partial charge in [0.05, 0.1) is 18.0 Å². The van der Waals surface area contributed by atoms with Gasteiger partial charge in [0, 0.05) is 0 Å². The predicted molar refractivity (Wildman–Crippen MR) is 94.7 cm³/mol. The summed E-state index contributed by atoms with van der Waals surface area (Å²) in [7, 11) is 0. The van der Waals surface area contributed by atoms with Crippen LogP contribution in [0.1, 0.15) is 50.7 Å². The topological polar surface area (TPSA) is 215 Å². The maximum Gasteiger partial charge on any atom is 0.360 e. The molecule has 2 heterocycles. The predicted octanol–water partition coefficient (Wildman–Crippen LogP) is 0.353. The minimum absolute atomic E-state index is 0.0440. The number of rotatable bonds is 3. The SMILES string of the molecule is CCOC(=O)c1nc(C)c(C#N)nc1N.Cc1nc(C(=O)O)c(N)nc1C#N. The number of nitriles is 2. The number of carboxylic acids is 1. The number of aromatic carboxylic acids is 1. The molecule has 0 aliphatic carbocycles. The highest BCUT2D eigenvalue weighted by Crippen LogP contribution is 2.11. The van der Waals surface area contributed by atoms with E-state index in [4.69, 9.17) is 31.8 Å². The lowest BCUT2D eigenvalue weighted by Crippen LogP contribution is -2.13. The molecule has 12 nitrogen and oxygen atoms in total. The lowest BCUT2D eigenvalue weighted by molar-refractivity contribution is 0.0519. The Kier molecular flexibility index (Phi) is 7.29. The van der Waals surface area contributed by atoms with Gasteiger partial charge in [-0.15, -0.1) is 0 Å². The van der Waals surface area contributed by atoms with Crippen molar-refractivity contribution < 1.29 is 19.4 Å². The van der Waals surface area contributed by atoms with E-state index >= 15 is 0 Å². The molecular formula is C16H16N8O4. The quantitative estimate of drug-likeness (QED) is 0.611. The van der Waals surface area contributed by atoms with Crippen molar-refractivity contribution in [2.75, 3.05) is 18.1 Å². The van der Waals surface area contributed by atoms with Crippen molar-refractivity contribution in [1.82, 2.24) is 19.9 Å². The molecule has 2 aromatic heterocycles. The van der Waals surface area contributed by atoms with E-state index in [0.29, 0.717) is 5.69 Å². The molecule has 2 rings (SSSR count). The number of hydrogen-bond acceptors (Lipinski definition) is 11. The maximum atomic E-state index is 11.3. The number of aromatic nitrogens is 4. The minimum Gasteiger partial charge on any atom is -0.476 e. The first-order valence-electron chi connectivity index (χ1n) is 7.65. The van der Waals surface area contributed by atoms with Crippen LogP contribution in [0.5, 0.6) is 0 Å². The van der Waals surface area contributed by atoms with Crippen LogP contribution in [0.4, 0.5) is 11.6 Å². The summed E-state index contributed by atoms with van der Waals surface area (Å²) in [4.78, 5) is 36.7. The van der Waals surface area contributed by atoms with Gasteiger partial charge in [0.1, 0.15) is 12.1 Å². The van der Waals surface area contributed by atoms with E-state index in [0.717, 1.165) is 0 Å². The Bertz CT molecular complexity index is 1010. The second-order valence-electron chi connectivity index (χ2n) is 5.03. The lowest BCUT2D eigenvalue weighted by Gasteiger charge is -2.05. The fourth-order valence-electron chi connectivity index (χ4n) is 1.78. The molecule has 28 heavy (non-hydrogen) atoms. The Balaban J connectivity index is 0.000000283. The fraction of sp³-hybridized carbons (Fsp3) is 0.250. The molecule has 0 amide bonds. The van der Waals surface area contributed by atoms with Crippen LogP contribution in [0.3, 0.4) is 0 Å². The van der Waals surface area contributed by atoms with Crippen molar-refractivity contribution >= 4 is 23.6 Å². The van der Waals surface area contributed by atoms with E-state index in [2.05, 4.69) is 19.9 Å². The number of esters is 1. The van der Waals surface area contributed by atoms with E-state index in [1.54, 1.807) is 19.9 Å². The summed E-state index contributed by atoms with van der Waals surface area (Å²) in [5.41, 5.74) is 11.1. The van der Waals surface area contributed by atoms with Crippen LogP contribution < -0.4 is 11.5 Å². The van der Waals surface area contributed by atoms with E-state index in [-0.39, 0.29) is 46.7 Å². The average molecular weight is 384 g/mol. The monoisotopic (exact) mass is 384 g/mol. The van der Waals surface area contributed by atoms with Gasteiger partial charge in [-0.1, -0.05) is 0 Å². The van der Waals surface area contributed by atoms with Gasteiger partial charge >= 0.3 is 11.9 Å². The van der Waals surface area contributed by atoms with Gasteiger partial charge in [-0.25, -0.2) is 29.5 Å².